The van der Waals surface area contributed by atoms with Crippen molar-refractivity contribution in [3.05, 3.63) is 18.5 Å². The lowest BCUT2D eigenvalue weighted by molar-refractivity contribution is -0.122. The van der Waals surface area contributed by atoms with Crippen LogP contribution in [0.25, 0.3) is 0 Å². The lowest BCUT2D eigenvalue weighted by atomic mass is 10.0. The summed E-state index contributed by atoms with van der Waals surface area (Å²) in [7, 11) is 0. The molecule has 0 saturated carbocycles. The van der Waals surface area contributed by atoms with Crippen LogP contribution in [0.4, 0.5) is 11.4 Å². The normalized spacial score (nSPS) is 22.9. The van der Waals surface area contributed by atoms with Gasteiger partial charge < -0.3 is 9.80 Å². The van der Waals surface area contributed by atoms with Gasteiger partial charge in [-0.3, -0.25) is 9.78 Å². The molecule has 2 atom stereocenters. The minimum atomic E-state index is 0.0955. The summed E-state index contributed by atoms with van der Waals surface area (Å²) in [6.07, 6.45) is 5.62. The second kappa shape index (κ2) is 4.26. The first-order valence-electron chi connectivity index (χ1n) is 6.74. The summed E-state index contributed by atoms with van der Waals surface area (Å²) in [6, 6.07) is 2.32. The van der Waals surface area contributed by atoms with E-state index < -0.39 is 0 Å². The van der Waals surface area contributed by atoms with Crippen LogP contribution in [0.5, 0.6) is 0 Å². The molecule has 0 N–H and O–H groups in total. The van der Waals surface area contributed by atoms with Crippen molar-refractivity contribution in [2.75, 3.05) is 22.9 Å². The van der Waals surface area contributed by atoms with Crippen LogP contribution < -0.4 is 9.80 Å². The number of carbonyl (C=O) groups excluding carboxylic acids is 1. The number of rotatable bonds is 2. The second-order valence-corrected chi connectivity index (χ2v) is 5.27. The van der Waals surface area contributed by atoms with Gasteiger partial charge in [-0.05, 0) is 18.9 Å². The number of fused-ring (bicyclic) bond motifs is 4. The number of aromatic nitrogens is 1. The Morgan fingerprint density at radius 2 is 2.39 bits per heavy atom. The Kier molecular flexibility index (Phi) is 2.73. The van der Waals surface area contributed by atoms with E-state index in [0.29, 0.717) is 6.04 Å². The number of amides is 1. The molecule has 0 spiro atoms. The highest BCUT2D eigenvalue weighted by Gasteiger charge is 2.39. The van der Waals surface area contributed by atoms with Crippen LogP contribution in [0, 0.1) is 5.92 Å². The Bertz CT molecular complexity index is 474. The molecule has 1 saturated heterocycles. The number of anilines is 2. The fourth-order valence-corrected chi connectivity index (χ4v) is 2.90. The maximum atomic E-state index is 12.6. The fourth-order valence-electron chi connectivity index (χ4n) is 2.90. The van der Waals surface area contributed by atoms with E-state index in [1.807, 2.05) is 24.1 Å². The SMILES string of the molecule is CCC(C)C(=O)N1c2ccncc2N2CCC1C2. The average Bonchev–Trinajstić information content (AvgIpc) is 2.83. The Hall–Kier alpha value is -1.58. The Balaban J connectivity index is 2.02. The number of hydrogen-bond acceptors (Lipinski definition) is 3. The van der Waals surface area contributed by atoms with Gasteiger partial charge in [0.1, 0.15) is 0 Å². The van der Waals surface area contributed by atoms with Gasteiger partial charge in [0.15, 0.2) is 0 Å². The van der Waals surface area contributed by atoms with Crippen LogP contribution in [0.3, 0.4) is 0 Å². The lowest BCUT2D eigenvalue weighted by Crippen LogP contribution is -2.47. The van der Waals surface area contributed by atoms with Crippen molar-refractivity contribution in [3.63, 3.8) is 0 Å². The third-order valence-corrected chi connectivity index (χ3v) is 4.18. The molecule has 0 aromatic carbocycles. The van der Waals surface area contributed by atoms with Crippen LogP contribution in [-0.4, -0.2) is 30.0 Å². The molecule has 2 unspecified atom stereocenters. The molecule has 4 nitrogen and oxygen atoms in total. The first-order valence-corrected chi connectivity index (χ1v) is 6.74. The van der Waals surface area contributed by atoms with Gasteiger partial charge in [-0.2, -0.15) is 0 Å². The third-order valence-electron chi connectivity index (χ3n) is 4.18. The summed E-state index contributed by atoms with van der Waals surface area (Å²) >= 11 is 0. The van der Waals surface area contributed by atoms with Gasteiger partial charge in [0.25, 0.3) is 0 Å². The quantitative estimate of drug-likeness (QED) is 0.800. The van der Waals surface area contributed by atoms with E-state index in [-0.39, 0.29) is 11.8 Å². The zero-order valence-electron chi connectivity index (χ0n) is 11.0. The zero-order chi connectivity index (χ0) is 12.7. The van der Waals surface area contributed by atoms with Crippen molar-refractivity contribution in [2.45, 2.75) is 32.7 Å². The summed E-state index contributed by atoms with van der Waals surface area (Å²) in [5.74, 6) is 0.356. The highest BCUT2D eigenvalue weighted by atomic mass is 16.2. The van der Waals surface area contributed by atoms with Crippen molar-refractivity contribution in [1.82, 2.24) is 4.98 Å². The molecule has 18 heavy (non-hydrogen) atoms. The second-order valence-electron chi connectivity index (χ2n) is 5.27. The summed E-state index contributed by atoms with van der Waals surface area (Å²) in [5, 5.41) is 0. The molecule has 0 aliphatic carbocycles. The van der Waals surface area contributed by atoms with Gasteiger partial charge in [0.2, 0.25) is 5.91 Å². The molecule has 2 bridgehead atoms. The van der Waals surface area contributed by atoms with Crippen LogP contribution in [-0.2, 0) is 4.79 Å². The summed E-state index contributed by atoms with van der Waals surface area (Å²) in [4.78, 5) is 21.1. The van der Waals surface area contributed by atoms with Crippen LogP contribution in [0.15, 0.2) is 18.5 Å². The smallest absolute Gasteiger partial charge is 0.230 e. The molecule has 0 radical (unpaired) electrons. The van der Waals surface area contributed by atoms with Crippen molar-refractivity contribution in [3.8, 4) is 0 Å². The third kappa shape index (κ3) is 1.59. The highest BCUT2D eigenvalue weighted by Crippen LogP contribution is 2.39. The topological polar surface area (TPSA) is 36.4 Å². The minimum absolute atomic E-state index is 0.0955. The average molecular weight is 245 g/mol. The predicted octanol–water partition coefficient (Wildman–Crippen LogP) is 2.05. The summed E-state index contributed by atoms with van der Waals surface area (Å²) in [6.45, 7) is 6.08. The van der Waals surface area contributed by atoms with Crippen LogP contribution >= 0.6 is 0 Å². The lowest BCUT2D eigenvalue weighted by Gasteiger charge is -2.37. The number of pyridine rings is 1. The highest BCUT2D eigenvalue weighted by molar-refractivity contribution is 5.99. The van der Waals surface area contributed by atoms with Crippen LogP contribution in [0.2, 0.25) is 0 Å². The summed E-state index contributed by atoms with van der Waals surface area (Å²) < 4.78 is 0. The first kappa shape index (κ1) is 11.5. The molecule has 4 heteroatoms. The van der Waals surface area contributed by atoms with Gasteiger partial charge in [0, 0.05) is 25.2 Å². The number of hydrogen-bond donors (Lipinski definition) is 0. The molecular weight excluding hydrogens is 226 g/mol. The maximum absolute atomic E-state index is 12.6. The largest absolute Gasteiger partial charge is 0.366 e. The van der Waals surface area contributed by atoms with E-state index in [0.717, 1.165) is 37.3 Å². The van der Waals surface area contributed by atoms with Gasteiger partial charge in [-0.15, -0.1) is 0 Å². The Morgan fingerprint density at radius 3 is 3.17 bits per heavy atom. The fraction of sp³-hybridized carbons (Fsp3) is 0.571. The first-order chi connectivity index (χ1) is 8.72. The Morgan fingerprint density at radius 1 is 1.56 bits per heavy atom. The number of carbonyl (C=O) groups is 1. The van der Waals surface area contributed by atoms with E-state index in [1.54, 1.807) is 6.20 Å². The van der Waals surface area contributed by atoms with E-state index in [2.05, 4.69) is 16.8 Å². The molecule has 2 aliphatic heterocycles. The van der Waals surface area contributed by atoms with Crippen LogP contribution in [0.1, 0.15) is 26.7 Å². The van der Waals surface area contributed by atoms with Gasteiger partial charge in [-0.25, -0.2) is 0 Å². The molecule has 3 heterocycles. The van der Waals surface area contributed by atoms with Crippen molar-refractivity contribution in [2.24, 2.45) is 5.92 Å². The van der Waals surface area contributed by atoms with E-state index in [9.17, 15) is 4.79 Å². The zero-order valence-corrected chi connectivity index (χ0v) is 11.0. The predicted molar refractivity (Wildman–Crippen MR) is 71.8 cm³/mol. The molecule has 3 rings (SSSR count). The molecule has 1 amide bonds. The van der Waals surface area contributed by atoms with E-state index in [4.69, 9.17) is 0 Å². The van der Waals surface area contributed by atoms with Gasteiger partial charge in [0.05, 0.1) is 23.6 Å². The van der Waals surface area contributed by atoms with Gasteiger partial charge >= 0.3 is 0 Å². The van der Waals surface area contributed by atoms with Crippen molar-refractivity contribution in [1.29, 1.82) is 0 Å². The molecular formula is C14H19N3O. The molecule has 96 valence electrons. The minimum Gasteiger partial charge on any atom is -0.366 e. The summed E-state index contributed by atoms with van der Waals surface area (Å²) in [5.41, 5.74) is 2.16. The van der Waals surface area contributed by atoms with E-state index in [1.165, 1.54) is 0 Å². The molecule has 2 aliphatic rings. The molecule has 1 aromatic rings. The molecule has 1 aromatic heterocycles. The van der Waals surface area contributed by atoms with Crippen molar-refractivity contribution < 1.29 is 4.79 Å². The molecule has 1 fully saturated rings. The van der Waals surface area contributed by atoms with E-state index >= 15 is 0 Å². The standard InChI is InChI=1S/C14H19N3O/c1-3-10(2)14(18)17-11-5-7-16(9-11)13-8-15-6-4-12(13)17/h4,6,8,10-11H,3,5,7,9H2,1-2H3. The number of nitrogens with zero attached hydrogens (tertiary/aromatic N) is 3. The monoisotopic (exact) mass is 245 g/mol. The van der Waals surface area contributed by atoms with Crippen molar-refractivity contribution >= 4 is 17.3 Å². The maximum Gasteiger partial charge on any atom is 0.230 e. The van der Waals surface area contributed by atoms with Gasteiger partial charge in [-0.1, -0.05) is 13.8 Å². The Labute approximate surface area is 108 Å².